The Hall–Kier alpha value is -4.00. The average Bonchev–Trinajstić information content (AvgIpc) is 3.74. The SMILES string of the molecule is C=CCCC(=O)OC[C@@H](NC(=O)[C@H]1[C@@H]2O[C@@]3(CC2Br)[C@@H]1C(=O)N(CCCO)[C@@H]3C(=O)N(CC=C)c1ccc(N(CC)CC)cc1)c1ccccc1. The number of allylic oxidation sites excluding steroid dienone is 1. The number of fused-ring (bicyclic) bond motifs is 1. The van der Waals surface area contributed by atoms with Crippen LogP contribution < -0.4 is 15.1 Å². The minimum atomic E-state index is -1.29. The van der Waals surface area contributed by atoms with E-state index in [0.29, 0.717) is 18.5 Å². The summed E-state index contributed by atoms with van der Waals surface area (Å²) in [6, 6.07) is 15.2. The Morgan fingerprint density at radius 3 is 2.41 bits per heavy atom. The lowest BCUT2D eigenvalue weighted by Crippen LogP contribution is -2.57. The van der Waals surface area contributed by atoms with Crippen molar-refractivity contribution >= 4 is 51.0 Å². The predicted molar refractivity (Wildman–Crippen MR) is 199 cm³/mol. The molecule has 2 bridgehead atoms. The van der Waals surface area contributed by atoms with E-state index in [1.165, 1.54) is 4.90 Å². The lowest BCUT2D eigenvalue weighted by atomic mass is 9.70. The number of aliphatic hydroxyl groups is 1. The Labute approximate surface area is 308 Å². The second-order valence-electron chi connectivity index (χ2n) is 13.2. The minimum Gasteiger partial charge on any atom is -0.463 e. The van der Waals surface area contributed by atoms with Crippen LogP contribution in [0.3, 0.4) is 0 Å². The van der Waals surface area contributed by atoms with Crippen molar-refractivity contribution in [3.63, 3.8) is 0 Å². The van der Waals surface area contributed by atoms with Crippen molar-refractivity contribution in [3.8, 4) is 0 Å². The third kappa shape index (κ3) is 7.64. The smallest absolute Gasteiger partial charge is 0.306 e. The van der Waals surface area contributed by atoms with Gasteiger partial charge in [0.1, 0.15) is 18.2 Å². The molecule has 0 aromatic heterocycles. The molecule has 1 spiro atoms. The first-order chi connectivity index (χ1) is 24.6. The maximum atomic E-state index is 14.8. The van der Waals surface area contributed by atoms with Gasteiger partial charge in [0.25, 0.3) is 5.91 Å². The molecule has 3 fully saturated rings. The van der Waals surface area contributed by atoms with Crippen LogP contribution in [0.2, 0.25) is 0 Å². The van der Waals surface area contributed by atoms with Gasteiger partial charge in [-0.25, -0.2) is 0 Å². The van der Waals surface area contributed by atoms with Crippen molar-refractivity contribution in [2.45, 2.75) is 68.1 Å². The van der Waals surface area contributed by atoms with E-state index in [0.717, 1.165) is 24.3 Å². The van der Waals surface area contributed by atoms with E-state index in [9.17, 15) is 24.3 Å². The molecule has 2 N–H and O–H groups in total. The largest absolute Gasteiger partial charge is 0.463 e. The highest BCUT2D eigenvalue weighted by Gasteiger charge is 2.76. The van der Waals surface area contributed by atoms with Gasteiger partial charge in [-0.3, -0.25) is 19.2 Å². The van der Waals surface area contributed by atoms with Crippen molar-refractivity contribution < 1.29 is 33.8 Å². The van der Waals surface area contributed by atoms with Crippen LogP contribution in [0.1, 0.15) is 51.1 Å². The number of halogens is 1. The lowest BCUT2D eigenvalue weighted by molar-refractivity contribution is -0.145. The van der Waals surface area contributed by atoms with Gasteiger partial charge in [-0.2, -0.15) is 0 Å². The van der Waals surface area contributed by atoms with E-state index < -0.39 is 47.5 Å². The number of anilines is 2. The summed E-state index contributed by atoms with van der Waals surface area (Å²) in [5, 5.41) is 12.8. The summed E-state index contributed by atoms with van der Waals surface area (Å²) in [4.78, 5) is 61.1. The number of alkyl halides is 1. The summed E-state index contributed by atoms with van der Waals surface area (Å²) in [7, 11) is 0. The highest BCUT2D eigenvalue weighted by atomic mass is 79.9. The molecule has 12 heteroatoms. The van der Waals surface area contributed by atoms with Gasteiger partial charge in [0.15, 0.2) is 0 Å². The summed E-state index contributed by atoms with van der Waals surface area (Å²) in [5.74, 6) is -3.39. The number of likely N-dealkylation sites (tertiary alicyclic amines) is 1. The number of carbonyl (C=O) groups excluding carboxylic acids is 4. The molecule has 3 aliphatic heterocycles. The molecule has 2 aromatic carbocycles. The van der Waals surface area contributed by atoms with E-state index in [2.05, 4.69) is 53.2 Å². The van der Waals surface area contributed by atoms with Gasteiger partial charge in [0, 0.05) is 55.4 Å². The number of nitrogens with one attached hydrogen (secondary N) is 1. The molecule has 51 heavy (non-hydrogen) atoms. The molecule has 3 heterocycles. The molecule has 274 valence electrons. The van der Waals surface area contributed by atoms with Gasteiger partial charge in [-0.15, -0.1) is 13.2 Å². The summed E-state index contributed by atoms with van der Waals surface area (Å²) >= 11 is 3.74. The lowest BCUT2D eigenvalue weighted by Gasteiger charge is -2.37. The van der Waals surface area contributed by atoms with Crippen molar-refractivity contribution in [3.05, 3.63) is 85.5 Å². The van der Waals surface area contributed by atoms with Crippen LogP contribution in [0.25, 0.3) is 0 Å². The summed E-state index contributed by atoms with van der Waals surface area (Å²) < 4.78 is 12.3. The van der Waals surface area contributed by atoms with Crippen LogP contribution >= 0.6 is 15.9 Å². The Kier molecular flexibility index (Phi) is 12.8. The van der Waals surface area contributed by atoms with E-state index in [4.69, 9.17) is 9.47 Å². The second kappa shape index (κ2) is 17.0. The molecule has 0 saturated carbocycles. The van der Waals surface area contributed by atoms with E-state index in [1.54, 1.807) is 17.1 Å². The molecule has 3 saturated heterocycles. The summed E-state index contributed by atoms with van der Waals surface area (Å²) in [5.41, 5.74) is 1.13. The number of benzene rings is 2. The normalized spacial score (nSPS) is 25.2. The van der Waals surface area contributed by atoms with E-state index in [-0.39, 0.29) is 55.8 Å². The molecule has 3 aliphatic rings. The number of nitrogens with zero attached hydrogens (tertiary/aromatic N) is 3. The number of carbonyl (C=O) groups is 4. The maximum Gasteiger partial charge on any atom is 0.306 e. The number of amides is 3. The molecule has 7 atom stereocenters. The number of rotatable bonds is 18. The van der Waals surface area contributed by atoms with E-state index >= 15 is 0 Å². The van der Waals surface area contributed by atoms with Gasteiger partial charge in [0.05, 0.1) is 24.0 Å². The fourth-order valence-corrected chi connectivity index (χ4v) is 8.81. The molecular weight excluding hydrogens is 716 g/mol. The first-order valence-electron chi connectivity index (χ1n) is 17.8. The van der Waals surface area contributed by atoms with Crippen molar-refractivity contribution in [2.75, 3.05) is 49.2 Å². The zero-order valence-electron chi connectivity index (χ0n) is 29.4. The van der Waals surface area contributed by atoms with Gasteiger partial charge in [0.2, 0.25) is 11.8 Å². The molecule has 11 nitrogen and oxygen atoms in total. The van der Waals surface area contributed by atoms with Crippen molar-refractivity contribution in [1.82, 2.24) is 10.2 Å². The minimum absolute atomic E-state index is 0.0984. The quantitative estimate of drug-likeness (QED) is 0.129. The molecule has 3 amide bonds. The number of hydrogen-bond donors (Lipinski definition) is 2. The Balaban J connectivity index is 1.47. The summed E-state index contributed by atoms with van der Waals surface area (Å²) in [6.07, 6.45) is 3.84. The number of hydrogen-bond acceptors (Lipinski definition) is 8. The maximum absolute atomic E-state index is 14.8. The predicted octanol–water partition coefficient (Wildman–Crippen LogP) is 4.55. The van der Waals surface area contributed by atoms with Gasteiger partial charge in [-0.1, -0.05) is 58.4 Å². The van der Waals surface area contributed by atoms with Gasteiger partial charge < -0.3 is 34.6 Å². The van der Waals surface area contributed by atoms with Crippen LogP contribution in [0, 0.1) is 11.8 Å². The molecule has 0 aliphatic carbocycles. The Morgan fingerprint density at radius 2 is 1.78 bits per heavy atom. The zero-order chi connectivity index (χ0) is 36.7. The summed E-state index contributed by atoms with van der Waals surface area (Å²) in [6.45, 7) is 13.4. The van der Waals surface area contributed by atoms with Crippen molar-refractivity contribution in [2.24, 2.45) is 11.8 Å². The van der Waals surface area contributed by atoms with Crippen LogP contribution in [-0.4, -0.2) is 95.7 Å². The monoisotopic (exact) mass is 764 g/mol. The van der Waals surface area contributed by atoms with Gasteiger partial charge >= 0.3 is 5.97 Å². The molecule has 0 radical (unpaired) electrons. The van der Waals surface area contributed by atoms with Crippen molar-refractivity contribution in [1.29, 1.82) is 0 Å². The second-order valence-corrected chi connectivity index (χ2v) is 14.4. The Morgan fingerprint density at radius 1 is 1.10 bits per heavy atom. The number of aliphatic hydroxyl groups excluding tert-OH is 1. The first-order valence-corrected chi connectivity index (χ1v) is 18.7. The first kappa shape index (κ1) is 38.2. The highest BCUT2D eigenvalue weighted by Crippen LogP contribution is 2.60. The van der Waals surface area contributed by atoms with Crippen LogP contribution in [0.15, 0.2) is 79.9 Å². The number of ether oxygens (including phenoxy) is 2. The van der Waals surface area contributed by atoms with Crippen LogP contribution in [0.5, 0.6) is 0 Å². The molecule has 2 aromatic rings. The number of esters is 1. The third-order valence-corrected chi connectivity index (χ3v) is 11.1. The highest BCUT2D eigenvalue weighted by molar-refractivity contribution is 9.09. The zero-order valence-corrected chi connectivity index (χ0v) is 31.0. The molecule has 5 rings (SSSR count). The van der Waals surface area contributed by atoms with E-state index in [1.807, 2.05) is 54.6 Å². The van der Waals surface area contributed by atoms with Crippen LogP contribution in [-0.2, 0) is 28.7 Å². The topological polar surface area (TPSA) is 129 Å². The van der Waals surface area contributed by atoms with Crippen LogP contribution in [0.4, 0.5) is 11.4 Å². The Bertz CT molecular complexity index is 1570. The third-order valence-electron chi connectivity index (χ3n) is 10.2. The average molecular weight is 766 g/mol. The standard InChI is InChI=1S/C39H49BrN4O7/c1-5-9-16-31(46)50-25-30(26-14-11-10-12-15-26)41-36(47)32-33-37(48)44(22-13-23-45)35(39(33)24-29(40)34(32)51-39)38(49)43(21-6-2)28-19-17-27(18-20-28)42(7-3)8-4/h5-6,10-12,14-15,17-20,29-30,32-35,45H,1-2,7-9,13,16,21-25H2,3-4H3,(H,41,47)/t29?,30-,32-,33+,34-,35-,39+/m1/s1. The fraction of sp³-hybridized carbons (Fsp3) is 0.487. The molecule has 1 unspecified atom stereocenters. The van der Waals surface area contributed by atoms with Gasteiger partial charge in [-0.05, 0) is 62.9 Å². The fourth-order valence-electron chi connectivity index (χ4n) is 7.86. The molecular formula is C39H49BrN4O7.